The Bertz CT molecular complexity index is 241. The molecule has 0 spiro atoms. The summed E-state index contributed by atoms with van der Waals surface area (Å²) in [5.41, 5.74) is 1.31. The predicted octanol–water partition coefficient (Wildman–Crippen LogP) is 3.31. The normalized spacial score (nSPS) is 9.75. The summed E-state index contributed by atoms with van der Waals surface area (Å²) in [6.45, 7) is 2.13. The molecule has 0 bridgehead atoms. The summed E-state index contributed by atoms with van der Waals surface area (Å²) in [5, 5.41) is 0. The lowest BCUT2D eigenvalue weighted by Crippen LogP contribution is -1.94. The van der Waals surface area contributed by atoms with Crippen molar-refractivity contribution in [2.24, 2.45) is 0 Å². The smallest absolute Gasteiger partial charge is 0.0522 e. The molecule has 0 fully saturated rings. The Kier molecular flexibility index (Phi) is 4.33. The fourth-order valence-corrected chi connectivity index (χ4v) is 2.09. The van der Waals surface area contributed by atoms with Crippen molar-refractivity contribution in [2.45, 2.75) is 13.3 Å². The van der Waals surface area contributed by atoms with Crippen molar-refractivity contribution >= 4 is 28.2 Å². The molecule has 64 valence electrons. The molecule has 0 aliphatic rings. The van der Waals surface area contributed by atoms with E-state index >= 15 is 0 Å². The van der Waals surface area contributed by atoms with Crippen LogP contribution < -0.4 is 0 Å². The first-order chi connectivity index (χ1) is 5.83. The van der Waals surface area contributed by atoms with E-state index in [1.807, 2.05) is 6.07 Å². The largest absolute Gasteiger partial charge is 0.119 e. The molecule has 0 aromatic heterocycles. The van der Waals surface area contributed by atoms with Crippen molar-refractivity contribution in [1.82, 2.24) is 0 Å². The topological polar surface area (TPSA) is 0 Å². The molecule has 0 N–H and O–H groups in total. The molecule has 0 atom stereocenters. The average Bonchev–Trinajstić information content (AvgIpc) is 2.06. The van der Waals surface area contributed by atoms with E-state index in [-0.39, 0.29) is 0 Å². The van der Waals surface area contributed by atoms with Crippen molar-refractivity contribution in [1.29, 1.82) is 0 Å². The van der Waals surface area contributed by atoms with Gasteiger partial charge in [-0.3, -0.25) is 0 Å². The summed E-state index contributed by atoms with van der Waals surface area (Å²) < 4.78 is 1.09. The highest BCUT2D eigenvalue weighted by Gasteiger charge is 1.97. The van der Waals surface area contributed by atoms with Crippen LogP contribution in [0.3, 0.4) is 0 Å². The van der Waals surface area contributed by atoms with E-state index in [0.29, 0.717) is 0 Å². The fraction of sp³-hybridized carbons (Fsp3) is 0.300. The minimum Gasteiger partial charge on any atom is -0.119 e. The molecule has 0 nitrogen and oxygen atoms in total. The van der Waals surface area contributed by atoms with E-state index in [0.717, 1.165) is 16.4 Å². The number of hydrogen-bond donors (Lipinski definition) is 0. The van der Waals surface area contributed by atoms with Crippen molar-refractivity contribution in [3.05, 3.63) is 35.9 Å². The van der Waals surface area contributed by atoms with Gasteiger partial charge in [0.2, 0.25) is 0 Å². The van der Waals surface area contributed by atoms with E-state index in [9.17, 15) is 0 Å². The first-order valence-electron chi connectivity index (χ1n) is 4.02. The monoisotopic (exact) mass is 196 g/mol. The van der Waals surface area contributed by atoms with Gasteiger partial charge in [0.15, 0.2) is 0 Å². The van der Waals surface area contributed by atoms with Crippen LogP contribution in [0.4, 0.5) is 0 Å². The molecule has 0 amide bonds. The van der Waals surface area contributed by atoms with Crippen LogP contribution in [0, 0.1) is 0 Å². The SMILES string of the molecule is CCSC(=S)Cc1ccccc1. The molecule has 1 rings (SSSR count). The zero-order valence-electron chi connectivity index (χ0n) is 7.12. The Labute approximate surface area is 83.4 Å². The number of rotatable bonds is 3. The third-order valence-electron chi connectivity index (χ3n) is 1.50. The van der Waals surface area contributed by atoms with Gasteiger partial charge in [-0.1, -0.05) is 49.5 Å². The van der Waals surface area contributed by atoms with Gasteiger partial charge in [0.25, 0.3) is 0 Å². The first-order valence-corrected chi connectivity index (χ1v) is 5.42. The molecule has 0 saturated heterocycles. The van der Waals surface area contributed by atoms with Crippen LogP contribution in [0.5, 0.6) is 0 Å². The molecule has 0 heterocycles. The van der Waals surface area contributed by atoms with E-state index < -0.39 is 0 Å². The van der Waals surface area contributed by atoms with Crippen molar-refractivity contribution in [2.75, 3.05) is 5.75 Å². The van der Waals surface area contributed by atoms with Gasteiger partial charge in [0.05, 0.1) is 4.20 Å². The first kappa shape index (κ1) is 9.75. The van der Waals surface area contributed by atoms with Crippen LogP contribution in [0.15, 0.2) is 30.3 Å². The van der Waals surface area contributed by atoms with Crippen LogP contribution in [0.25, 0.3) is 0 Å². The van der Waals surface area contributed by atoms with Gasteiger partial charge in [-0.15, -0.1) is 11.8 Å². The van der Waals surface area contributed by atoms with E-state index in [2.05, 4.69) is 31.2 Å². The van der Waals surface area contributed by atoms with Crippen molar-refractivity contribution in [3.8, 4) is 0 Å². The zero-order chi connectivity index (χ0) is 8.81. The lowest BCUT2D eigenvalue weighted by Gasteiger charge is -2.00. The molecule has 0 unspecified atom stereocenters. The highest BCUT2D eigenvalue weighted by atomic mass is 32.2. The maximum Gasteiger partial charge on any atom is 0.0522 e. The number of thioether (sulfide) groups is 1. The molecule has 0 aliphatic heterocycles. The fourth-order valence-electron chi connectivity index (χ4n) is 0.975. The van der Waals surface area contributed by atoms with Gasteiger partial charge in [-0.2, -0.15) is 0 Å². The zero-order valence-corrected chi connectivity index (χ0v) is 8.75. The Morgan fingerprint density at radius 1 is 1.33 bits per heavy atom. The van der Waals surface area contributed by atoms with Gasteiger partial charge < -0.3 is 0 Å². The van der Waals surface area contributed by atoms with Gasteiger partial charge in [-0.05, 0) is 11.3 Å². The highest BCUT2D eigenvalue weighted by Crippen LogP contribution is 2.10. The summed E-state index contributed by atoms with van der Waals surface area (Å²) in [5.74, 6) is 1.08. The Morgan fingerprint density at radius 2 is 2.00 bits per heavy atom. The van der Waals surface area contributed by atoms with Gasteiger partial charge >= 0.3 is 0 Å². The second-order valence-corrected chi connectivity index (χ2v) is 4.58. The van der Waals surface area contributed by atoms with Crippen molar-refractivity contribution in [3.63, 3.8) is 0 Å². The summed E-state index contributed by atoms with van der Waals surface area (Å²) in [6.07, 6.45) is 0.925. The standard InChI is InChI=1S/C10H12S2/c1-2-12-10(11)8-9-6-4-3-5-7-9/h3-7H,2,8H2,1H3. The Hall–Kier alpha value is -0.340. The van der Waals surface area contributed by atoms with Gasteiger partial charge in [-0.25, -0.2) is 0 Å². The van der Waals surface area contributed by atoms with Crippen molar-refractivity contribution < 1.29 is 0 Å². The molecule has 1 aromatic carbocycles. The predicted molar refractivity (Wildman–Crippen MR) is 60.9 cm³/mol. The maximum absolute atomic E-state index is 5.20. The molecule has 2 heteroatoms. The van der Waals surface area contributed by atoms with Crippen LogP contribution in [-0.2, 0) is 6.42 Å². The maximum atomic E-state index is 5.20. The molecule has 0 radical (unpaired) electrons. The van der Waals surface area contributed by atoms with Crippen LogP contribution >= 0.6 is 24.0 Å². The van der Waals surface area contributed by atoms with Crippen LogP contribution in [-0.4, -0.2) is 9.95 Å². The minimum atomic E-state index is 0.925. The van der Waals surface area contributed by atoms with E-state index in [1.165, 1.54) is 5.56 Å². The van der Waals surface area contributed by atoms with Crippen LogP contribution in [0.1, 0.15) is 12.5 Å². The van der Waals surface area contributed by atoms with Crippen LogP contribution in [0.2, 0.25) is 0 Å². The van der Waals surface area contributed by atoms with E-state index in [4.69, 9.17) is 12.2 Å². The number of thiocarbonyl (C=S) groups is 1. The highest BCUT2D eigenvalue weighted by molar-refractivity contribution is 8.23. The molecule has 0 aliphatic carbocycles. The second kappa shape index (κ2) is 5.33. The Morgan fingerprint density at radius 3 is 2.58 bits per heavy atom. The Balaban J connectivity index is 2.47. The molecular weight excluding hydrogens is 184 g/mol. The molecule has 0 saturated carbocycles. The number of benzene rings is 1. The van der Waals surface area contributed by atoms with E-state index in [1.54, 1.807) is 11.8 Å². The molecular formula is C10H12S2. The number of hydrogen-bond acceptors (Lipinski definition) is 2. The summed E-state index contributed by atoms with van der Waals surface area (Å²) in [7, 11) is 0. The lowest BCUT2D eigenvalue weighted by molar-refractivity contribution is 1.37. The molecule has 12 heavy (non-hydrogen) atoms. The third kappa shape index (κ3) is 3.37. The second-order valence-electron chi connectivity index (χ2n) is 2.47. The summed E-state index contributed by atoms with van der Waals surface area (Å²) >= 11 is 6.96. The lowest BCUT2D eigenvalue weighted by atomic mass is 10.2. The van der Waals surface area contributed by atoms with Gasteiger partial charge in [0, 0.05) is 6.42 Å². The minimum absolute atomic E-state index is 0.925. The molecule has 1 aromatic rings. The summed E-state index contributed by atoms with van der Waals surface area (Å²) in [6, 6.07) is 10.4. The van der Waals surface area contributed by atoms with Gasteiger partial charge in [0.1, 0.15) is 0 Å². The quantitative estimate of drug-likeness (QED) is 0.680. The average molecular weight is 196 g/mol. The summed E-state index contributed by atoms with van der Waals surface area (Å²) in [4.78, 5) is 0. The third-order valence-corrected chi connectivity index (χ3v) is 2.75.